The minimum absolute atomic E-state index is 0.0262. The molecule has 0 spiro atoms. The van der Waals surface area contributed by atoms with Gasteiger partial charge >= 0.3 is 0 Å². The first kappa shape index (κ1) is 20.3. The van der Waals surface area contributed by atoms with Crippen LogP contribution in [0.4, 0.5) is 11.4 Å². The molecule has 0 aliphatic rings. The molecule has 0 saturated carbocycles. The molecule has 4 aromatic carbocycles. The van der Waals surface area contributed by atoms with Crippen LogP contribution in [-0.2, 0) is 0 Å². The molecule has 32 heavy (non-hydrogen) atoms. The molecule has 0 heterocycles. The summed E-state index contributed by atoms with van der Waals surface area (Å²) in [7, 11) is 0. The number of fused-ring (bicyclic) bond motifs is 1. The van der Waals surface area contributed by atoms with Crippen molar-refractivity contribution in [3.8, 4) is 59.2 Å². The Morgan fingerprint density at radius 3 is 1.81 bits per heavy atom. The second-order valence-corrected chi connectivity index (χ2v) is 6.97. The van der Waals surface area contributed by atoms with Gasteiger partial charge in [0.2, 0.25) is 0 Å². The van der Waals surface area contributed by atoms with E-state index in [0.717, 1.165) is 10.8 Å². The van der Waals surface area contributed by atoms with Crippen LogP contribution in [0.2, 0.25) is 0 Å². The summed E-state index contributed by atoms with van der Waals surface area (Å²) in [5.74, 6) is 6.98. The highest BCUT2D eigenvalue weighted by Crippen LogP contribution is 2.36. The molecule has 4 rings (SSSR count). The van der Waals surface area contributed by atoms with E-state index in [9.17, 15) is 10.2 Å². The highest BCUT2D eigenvalue weighted by molar-refractivity contribution is 5.92. The Hall–Kier alpha value is -4.94. The van der Waals surface area contributed by atoms with Crippen LogP contribution in [0.15, 0.2) is 60.7 Å². The molecule has 6 heteroatoms. The summed E-state index contributed by atoms with van der Waals surface area (Å²) in [6.45, 7) is 0. The molecule has 0 atom stereocenters. The van der Waals surface area contributed by atoms with E-state index in [-0.39, 0.29) is 22.9 Å². The molecular formula is C26H18N2O4. The van der Waals surface area contributed by atoms with Gasteiger partial charge in [-0.25, -0.2) is 0 Å². The Morgan fingerprint density at radius 1 is 0.656 bits per heavy atom. The highest BCUT2D eigenvalue weighted by Gasteiger charge is 2.12. The standard InChI is InChI=1S/C26H18N2O4/c1-3-15-10-20(31-18-5-7-24(29)22(27)12-18)11-17-9-16(4-2)26(14-21(15)17)32-19-6-8-25(30)23(28)13-19/h1-2,5-14,29-30H,27-28H2. The van der Waals surface area contributed by atoms with Gasteiger partial charge in [-0.15, -0.1) is 12.8 Å². The first-order chi connectivity index (χ1) is 15.4. The fraction of sp³-hybridized carbons (Fsp3) is 0. The molecule has 0 amide bonds. The predicted molar refractivity (Wildman–Crippen MR) is 125 cm³/mol. The molecule has 6 N–H and O–H groups in total. The number of hydrogen-bond donors (Lipinski definition) is 4. The molecule has 0 aliphatic carbocycles. The van der Waals surface area contributed by atoms with E-state index in [2.05, 4.69) is 11.8 Å². The van der Waals surface area contributed by atoms with Crippen molar-refractivity contribution >= 4 is 22.1 Å². The molecule has 0 fully saturated rings. The first-order valence-electron chi connectivity index (χ1n) is 9.45. The molecule has 0 aromatic heterocycles. The molecule has 0 bridgehead atoms. The summed E-state index contributed by atoms with van der Waals surface area (Å²) >= 11 is 0. The van der Waals surface area contributed by atoms with E-state index < -0.39 is 0 Å². The van der Waals surface area contributed by atoms with Gasteiger partial charge in [-0.2, -0.15) is 0 Å². The number of nitrogens with two attached hydrogens (primary N) is 2. The van der Waals surface area contributed by atoms with Crippen LogP contribution >= 0.6 is 0 Å². The molecule has 6 nitrogen and oxygen atoms in total. The molecule has 156 valence electrons. The Bertz CT molecular complexity index is 1450. The second kappa shape index (κ2) is 8.06. The third-order valence-electron chi connectivity index (χ3n) is 4.80. The van der Waals surface area contributed by atoms with Crippen LogP contribution < -0.4 is 20.9 Å². The summed E-state index contributed by atoms with van der Waals surface area (Å²) in [6, 6.07) is 16.1. The van der Waals surface area contributed by atoms with Crippen molar-refractivity contribution in [2.45, 2.75) is 0 Å². The largest absolute Gasteiger partial charge is 0.506 e. The monoisotopic (exact) mass is 422 g/mol. The highest BCUT2D eigenvalue weighted by atomic mass is 16.5. The van der Waals surface area contributed by atoms with Gasteiger partial charge in [0.25, 0.3) is 0 Å². The summed E-state index contributed by atoms with van der Waals surface area (Å²) in [5, 5.41) is 20.7. The van der Waals surface area contributed by atoms with Crippen molar-refractivity contribution in [3.05, 3.63) is 71.8 Å². The third-order valence-corrected chi connectivity index (χ3v) is 4.80. The van der Waals surface area contributed by atoms with Gasteiger partial charge in [0.05, 0.1) is 16.9 Å². The summed E-state index contributed by atoms with van der Waals surface area (Å²) in [4.78, 5) is 0. The van der Waals surface area contributed by atoms with Crippen molar-refractivity contribution in [3.63, 3.8) is 0 Å². The van der Waals surface area contributed by atoms with E-state index in [1.165, 1.54) is 24.3 Å². The maximum absolute atomic E-state index is 9.61. The Kier molecular flexibility index (Phi) is 5.12. The number of rotatable bonds is 4. The maximum atomic E-state index is 9.61. The number of aromatic hydroxyl groups is 2. The van der Waals surface area contributed by atoms with Crippen molar-refractivity contribution in [2.24, 2.45) is 0 Å². The molecule has 0 radical (unpaired) electrons. The van der Waals surface area contributed by atoms with E-state index >= 15 is 0 Å². The number of hydrogen-bond acceptors (Lipinski definition) is 6. The Balaban J connectivity index is 1.76. The molecule has 4 aromatic rings. The van der Waals surface area contributed by atoms with Gasteiger partial charge < -0.3 is 31.2 Å². The molecular weight excluding hydrogens is 404 g/mol. The number of benzene rings is 4. The van der Waals surface area contributed by atoms with E-state index in [1.54, 1.807) is 36.4 Å². The van der Waals surface area contributed by atoms with Crippen LogP contribution in [0.1, 0.15) is 11.1 Å². The van der Waals surface area contributed by atoms with Gasteiger partial charge in [0.1, 0.15) is 34.5 Å². The van der Waals surface area contributed by atoms with Gasteiger partial charge in [-0.1, -0.05) is 11.8 Å². The Morgan fingerprint density at radius 2 is 1.25 bits per heavy atom. The number of anilines is 2. The minimum Gasteiger partial charge on any atom is -0.506 e. The van der Waals surface area contributed by atoms with Crippen molar-refractivity contribution in [1.29, 1.82) is 0 Å². The van der Waals surface area contributed by atoms with Crippen LogP contribution in [0, 0.1) is 24.7 Å². The minimum atomic E-state index is -0.0365. The van der Waals surface area contributed by atoms with Gasteiger partial charge in [0.15, 0.2) is 0 Å². The van der Waals surface area contributed by atoms with Gasteiger partial charge in [-0.05, 0) is 53.9 Å². The third kappa shape index (κ3) is 3.89. The van der Waals surface area contributed by atoms with Crippen LogP contribution in [0.3, 0.4) is 0 Å². The number of ether oxygens (including phenoxy) is 2. The SMILES string of the molecule is C#Cc1cc2cc(Oc3ccc(O)c(N)c3)cc(C#C)c2cc1Oc1ccc(O)c(N)c1. The average molecular weight is 422 g/mol. The fourth-order valence-electron chi connectivity index (χ4n) is 3.19. The predicted octanol–water partition coefficient (Wildman–Crippen LogP) is 4.96. The van der Waals surface area contributed by atoms with E-state index in [1.807, 2.05) is 0 Å². The van der Waals surface area contributed by atoms with Crippen LogP contribution in [0.5, 0.6) is 34.5 Å². The normalized spacial score (nSPS) is 10.3. The molecule has 0 aliphatic heterocycles. The maximum Gasteiger partial charge on any atom is 0.143 e. The second-order valence-electron chi connectivity index (χ2n) is 6.97. The average Bonchev–Trinajstić information content (AvgIpc) is 2.78. The van der Waals surface area contributed by atoms with E-state index in [0.29, 0.717) is 34.1 Å². The lowest BCUT2D eigenvalue weighted by Gasteiger charge is -2.13. The van der Waals surface area contributed by atoms with Gasteiger partial charge in [-0.3, -0.25) is 0 Å². The van der Waals surface area contributed by atoms with Gasteiger partial charge in [0, 0.05) is 23.1 Å². The zero-order chi connectivity index (χ0) is 22.8. The quantitative estimate of drug-likeness (QED) is 0.210. The van der Waals surface area contributed by atoms with Crippen molar-refractivity contribution in [2.75, 3.05) is 11.5 Å². The first-order valence-corrected chi connectivity index (χ1v) is 9.45. The molecule has 0 unspecified atom stereocenters. The number of phenols is 2. The summed E-state index contributed by atoms with van der Waals surface area (Å²) < 4.78 is 11.8. The van der Waals surface area contributed by atoms with E-state index in [4.69, 9.17) is 33.8 Å². The number of nitrogen functional groups attached to an aromatic ring is 2. The lowest BCUT2D eigenvalue weighted by atomic mass is 10.0. The Labute approximate surface area is 184 Å². The topological polar surface area (TPSA) is 111 Å². The molecule has 0 saturated heterocycles. The van der Waals surface area contributed by atoms with Crippen molar-refractivity contribution in [1.82, 2.24) is 0 Å². The number of terminal acetylenes is 2. The lowest BCUT2D eigenvalue weighted by molar-refractivity contribution is 0.466. The zero-order valence-corrected chi connectivity index (χ0v) is 16.8. The number of phenolic OH excluding ortho intramolecular Hbond substituents is 2. The smallest absolute Gasteiger partial charge is 0.143 e. The lowest BCUT2D eigenvalue weighted by Crippen LogP contribution is -1.93. The van der Waals surface area contributed by atoms with Crippen LogP contribution in [0.25, 0.3) is 10.8 Å². The summed E-state index contributed by atoms with van der Waals surface area (Å²) in [6.07, 6.45) is 11.5. The fourth-order valence-corrected chi connectivity index (χ4v) is 3.19. The van der Waals surface area contributed by atoms with Crippen LogP contribution in [-0.4, -0.2) is 10.2 Å². The van der Waals surface area contributed by atoms with Crippen molar-refractivity contribution < 1.29 is 19.7 Å². The zero-order valence-electron chi connectivity index (χ0n) is 16.8. The summed E-state index contributed by atoms with van der Waals surface area (Å²) in [5.41, 5.74) is 12.9.